The number of hydrogen-bond acceptors (Lipinski definition) is 5. The molecule has 1 unspecified atom stereocenters. The van der Waals surface area contributed by atoms with E-state index in [9.17, 15) is 8.60 Å². The third-order valence-electron chi connectivity index (χ3n) is 4.16. The second-order valence-electron chi connectivity index (χ2n) is 5.95. The Labute approximate surface area is 162 Å². The average Bonchev–Trinajstić information content (AvgIpc) is 3.08. The summed E-state index contributed by atoms with van der Waals surface area (Å²) >= 11 is 0. The lowest BCUT2D eigenvalue weighted by Gasteiger charge is -2.12. The predicted molar refractivity (Wildman–Crippen MR) is 106 cm³/mol. The lowest BCUT2D eigenvalue weighted by Crippen LogP contribution is -2.07. The topological polar surface area (TPSA) is 94.5 Å². The number of fused-ring (bicyclic) bond motifs is 1. The number of methoxy groups -OCH3 is 1. The van der Waals surface area contributed by atoms with Gasteiger partial charge in [-0.1, -0.05) is 0 Å². The second kappa shape index (κ2) is 7.28. The molecule has 3 aromatic heterocycles. The summed E-state index contributed by atoms with van der Waals surface area (Å²) < 4.78 is 35.5. The van der Waals surface area contributed by atoms with Crippen LogP contribution in [0, 0.1) is 5.82 Å². The molecule has 28 heavy (non-hydrogen) atoms. The van der Waals surface area contributed by atoms with Gasteiger partial charge in [-0.25, -0.2) is 18.1 Å². The van der Waals surface area contributed by atoms with Crippen molar-refractivity contribution in [1.29, 1.82) is 0 Å². The van der Waals surface area contributed by atoms with Gasteiger partial charge in [-0.2, -0.15) is 5.10 Å². The third-order valence-corrected chi connectivity index (χ3v) is 5.27. The number of benzene rings is 1. The zero-order valence-corrected chi connectivity index (χ0v) is 15.6. The Morgan fingerprint density at radius 1 is 1.14 bits per heavy atom. The Kier molecular flexibility index (Phi) is 4.66. The van der Waals surface area contributed by atoms with Gasteiger partial charge in [0.2, 0.25) is 5.88 Å². The molecule has 0 bridgehead atoms. The molecular formula is C19H16FN5O2S. The van der Waals surface area contributed by atoms with Crippen LogP contribution in [-0.4, -0.2) is 25.9 Å². The molecule has 0 fully saturated rings. The van der Waals surface area contributed by atoms with Crippen molar-refractivity contribution in [3.63, 3.8) is 0 Å². The largest absolute Gasteiger partial charge is 0.480 e. The number of aromatic nitrogens is 3. The van der Waals surface area contributed by atoms with E-state index in [4.69, 9.17) is 10.5 Å². The van der Waals surface area contributed by atoms with Crippen molar-refractivity contribution in [3.8, 4) is 17.0 Å². The minimum absolute atomic E-state index is 0.296. The van der Waals surface area contributed by atoms with Gasteiger partial charge in [0.1, 0.15) is 22.5 Å². The Hall–Kier alpha value is -3.46. The van der Waals surface area contributed by atoms with Crippen LogP contribution in [-0.2, 0) is 11.0 Å². The summed E-state index contributed by atoms with van der Waals surface area (Å²) in [5.74, 6) is -0.0966. The molecule has 4 rings (SSSR count). The van der Waals surface area contributed by atoms with Crippen molar-refractivity contribution < 1.29 is 13.3 Å². The number of ether oxygens (including phenoxy) is 1. The van der Waals surface area contributed by atoms with E-state index in [1.54, 1.807) is 29.2 Å². The van der Waals surface area contributed by atoms with Crippen molar-refractivity contribution >= 4 is 27.9 Å². The first-order valence-electron chi connectivity index (χ1n) is 8.26. The normalized spacial score (nSPS) is 12.1. The van der Waals surface area contributed by atoms with Crippen LogP contribution in [0.3, 0.4) is 0 Å². The maximum absolute atomic E-state index is 13.1. The highest BCUT2D eigenvalue weighted by Crippen LogP contribution is 2.30. The van der Waals surface area contributed by atoms with E-state index >= 15 is 0 Å². The van der Waals surface area contributed by atoms with Crippen LogP contribution in [0.5, 0.6) is 5.88 Å². The number of hydrogen-bond donors (Lipinski definition) is 2. The summed E-state index contributed by atoms with van der Waals surface area (Å²) in [6.45, 7) is 0. The monoisotopic (exact) mass is 397 g/mol. The molecule has 4 aromatic rings. The smallest absolute Gasteiger partial charge is 0.238 e. The summed E-state index contributed by atoms with van der Waals surface area (Å²) in [4.78, 5) is 4.72. The van der Waals surface area contributed by atoms with Crippen LogP contribution in [0.25, 0.3) is 16.6 Å². The first kappa shape index (κ1) is 17.9. The maximum Gasteiger partial charge on any atom is 0.238 e. The molecule has 7 nitrogen and oxygen atoms in total. The number of halogens is 1. The highest BCUT2D eigenvalue weighted by atomic mass is 32.2. The number of nitrogens with one attached hydrogen (secondary N) is 1. The lowest BCUT2D eigenvalue weighted by molar-refractivity contribution is 0.400. The third kappa shape index (κ3) is 3.39. The van der Waals surface area contributed by atoms with Gasteiger partial charge in [0.15, 0.2) is 0 Å². The van der Waals surface area contributed by atoms with Gasteiger partial charge in [-0.05, 0) is 48.0 Å². The van der Waals surface area contributed by atoms with Crippen LogP contribution in [0.4, 0.5) is 15.8 Å². The summed E-state index contributed by atoms with van der Waals surface area (Å²) in [6, 6.07) is 11.0. The quantitative estimate of drug-likeness (QED) is 0.539. The highest BCUT2D eigenvalue weighted by Gasteiger charge is 2.13. The van der Waals surface area contributed by atoms with E-state index in [2.05, 4.69) is 14.8 Å². The first-order valence-corrected chi connectivity index (χ1v) is 9.41. The van der Waals surface area contributed by atoms with Gasteiger partial charge in [0.05, 0.1) is 29.4 Å². The van der Waals surface area contributed by atoms with E-state index in [0.29, 0.717) is 22.2 Å². The molecule has 0 aliphatic heterocycles. The minimum Gasteiger partial charge on any atom is -0.480 e. The van der Waals surface area contributed by atoms with Crippen molar-refractivity contribution in [2.24, 2.45) is 0 Å². The molecule has 0 saturated heterocycles. The summed E-state index contributed by atoms with van der Waals surface area (Å²) in [5.41, 5.74) is 9.38. The number of rotatable bonds is 5. The molecule has 0 spiro atoms. The molecule has 9 heteroatoms. The Balaban J connectivity index is 1.69. The fraction of sp³-hybridized carbons (Fsp3) is 0.0526. The summed E-state index contributed by atoms with van der Waals surface area (Å²) in [5, 5.41) is 4.15. The van der Waals surface area contributed by atoms with Crippen molar-refractivity contribution in [1.82, 2.24) is 14.6 Å². The molecule has 3 heterocycles. The van der Waals surface area contributed by atoms with E-state index < -0.39 is 16.8 Å². The molecule has 3 N–H and O–H groups in total. The fourth-order valence-electron chi connectivity index (χ4n) is 2.74. The molecular weight excluding hydrogens is 381 g/mol. The minimum atomic E-state index is -1.61. The van der Waals surface area contributed by atoms with Crippen LogP contribution in [0.1, 0.15) is 0 Å². The Bertz CT molecular complexity index is 1180. The molecule has 142 valence electrons. The zero-order valence-electron chi connectivity index (χ0n) is 14.8. The highest BCUT2D eigenvalue weighted by molar-refractivity contribution is 7.86. The van der Waals surface area contributed by atoms with Gasteiger partial charge < -0.3 is 10.5 Å². The molecule has 0 radical (unpaired) electrons. The van der Waals surface area contributed by atoms with Crippen LogP contribution < -0.4 is 15.2 Å². The summed E-state index contributed by atoms with van der Waals surface area (Å²) in [6.07, 6.45) is 5.04. The molecule has 0 amide bonds. The molecule has 0 saturated carbocycles. The lowest BCUT2D eigenvalue weighted by atomic mass is 10.1. The van der Waals surface area contributed by atoms with Crippen LogP contribution in [0.15, 0.2) is 66.0 Å². The average molecular weight is 397 g/mol. The van der Waals surface area contributed by atoms with Gasteiger partial charge in [0.25, 0.3) is 0 Å². The van der Waals surface area contributed by atoms with Crippen molar-refractivity contribution in [2.75, 3.05) is 17.6 Å². The van der Waals surface area contributed by atoms with Crippen LogP contribution in [0.2, 0.25) is 0 Å². The fourth-order valence-corrected chi connectivity index (χ4v) is 3.59. The van der Waals surface area contributed by atoms with Gasteiger partial charge in [0, 0.05) is 18.0 Å². The van der Waals surface area contributed by atoms with E-state index in [-0.39, 0.29) is 0 Å². The van der Waals surface area contributed by atoms with E-state index in [1.807, 2.05) is 12.1 Å². The second-order valence-corrected chi connectivity index (χ2v) is 7.16. The van der Waals surface area contributed by atoms with Crippen molar-refractivity contribution in [2.45, 2.75) is 4.90 Å². The number of pyridine rings is 2. The number of nitrogens with zero attached hydrogens (tertiary/aromatic N) is 3. The number of nitrogens with two attached hydrogens (primary N) is 1. The predicted octanol–water partition coefficient (Wildman–Crippen LogP) is 3.26. The van der Waals surface area contributed by atoms with E-state index in [1.165, 1.54) is 31.4 Å². The van der Waals surface area contributed by atoms with E-state index in [0.717, 1.165) is 16.6 Å². The Morgan fingerprint density at radius 3 is 2.68 bits per heavy atom. The van der Waals surface area contributed by atoms with Crippen LogP contribution >= 0.6 is 0 Å². The van der Waals surface area contributed by atoms with Crippen molar-refractivity contribution in [3.05, 3.63) is 66.9 Å². The van der Waals surface area contributed by atoms with Gasteiger partial charge >= 0.3 is 0 Å². The first-order chi connectivity index (χ1) is 13.5. The maximum atomic E-state index is 13.1. The Morgan fingerprint density at radius 2 is 1.93 bits per heavy atom. The van der Waals surface area contributed by atoms with Gasteiger partial charge in [-0.3, -0.25) is 4.72 Å². The number of anilines is 2. The van der Waals surface area contributed by atoms with Gasteiger partial charge in [-0.15, -0.1) is 0 Å². The SMILES string of the molecule is COc1ncc(-c2ccn3ncc(N)c3c2)cc1NS(=O)c1ccc(F)cc1. The standard InChI is InChI=1S/C19H16FN5O2S/c1-27-19-17(24-28(26)15-4-2-14(20)3-5-15)8-13(10-22-19)12-6-7-25-18(9-12)16(21)11-23-25/h2-11,24H,21H2,1H3. The molecule has 0 aliphatic rings. The number of nitrogen functional groups attached to an aromatic ring is 1. The molecule has 0 aliphatic carbocycles. The molecule has 1 aromatic carbocycles. The zero-order chi connectivity index (χ0) is 19.7. The summed E-state index contributed by atoms with van der Waals surface area (Å²) in [7, 11) is -0.130. The molecule has 1 atom stereocenters.